The van der Waals surface area contributed by atoms with Crippen molar-refractivity contribution in [3.63, 3.8) is 0 Å². The van der Waals surface area contributed by atoms with Crippen LogP contribution in [0.5, 0.6) is 11.5 Å². The van der Waals surface area contributed by atoms with Gasteiger partial charge in [-0.1, -0.05) is 78.4 Å². The molecule has 6 heteroatoms. The second-order valence-corrected chi connectivity index (χ2v) is 9.46. The molecule has 4 aromatic rings. The van der Waals surface area contributed by atoms with Crippen molar-refractivity contribution >= 4 is 39.8 Å². The van der Waals surface area contributed by atoms with E-state index in [1.54, 1.807) is 6.08 Å². The van der Waals surface area contributed by atoms with Gasteiger partial charge in [-0.3, -0.25) is 14.5 Å². The fourth-order valence-electron chi connectivity index (χ4n) is 4.00. The van der Waals surface area contributed by atoms with E-state index in [1.807, 2.05) is 97.9 Å². The molecular formula is C30H25NO4S. The van der Waals surface area contributed by atoms with E-state index < -0.39 is 0 Å². The first-order valence-electron chi connectivity index (χ1n) is 11.7. The minimum absolute atomic E-state index is 0.183. The third kappa shape index (κ3) is 5.29. The number of benzene rings is 4. The molecule has 5 nitrogen and oxygen atoms in total. The van der Waals surface area contributed by atoms with Gasteiger partial charge in [0, 0.05) is 5.56 Å². The van der Waals surface area contributed by atoms with Gasteiger partial charge in [0.1, 0.15) is 24.7 Å². The van der Waals surface area contributed by atoms with Crippen LogP contribution in [0.25, 0.3) is 16.8 Å². The Labute approximate surface area is 214 Å². The van der Waals surface area contributed by atoms with Gasteiger partial charge in [-0.25, -0.2) is 0 Å². The number of carbonyl (C=O) groups excluding carboxylic acids is 2. The largest absolute Gasteiger partial charge is 0.492 e. The number of nitrogens with zero attached hydrogens (tertiary/aromatic N) is 1. The normalized spacial score (nSPS) is 14.6. The summed E-state index contributed by atoms with van der Waals surface area (Å²) in [4.78, 5) is 27.4. The lowest BCUT2D eigenvalue weighted by Gasteiger charge is -2.14. The molecule has 0 aromatic heterocycles. The lowest BCUT2D eigenvalue weighted by molar-refractivity contribution is -0.123. The average Bonchev–Trinajstić information content (AvgIpc) is 3.17. The smallest absolute Gasteiger partial charge is 0.293 e. The number of fused-ring (bicyclic) bond motifs is 1. The van der Waals surface area contributed by atoms with Crippen molar-refractivity contribution in [2.75, 3.05) is 13.2 Å². The van der Waals surface area contributed by atoms with Crippen molar-refractivity contribution in [2.45, 2.75) is 13.5 Å². The molecule has 1 heterocycles. The van der Waals surface area contributed by atoms with Gasteiger partial charge in [0.15, 0.2) is 0 Å². The molecule has 180 valence electrons. The summed E-state index contributed by atoms with van der Waals surface area (Å²) in [6.45, 7) is 2.82. The molecule has 5 rings (SSSR count). The van der Waals surface area contributed by atoms with Crippen LogP contribution in [0.15, 0.2) is 95.9 Å². The maximum absolute atomic E-state index is 13.2. The van der Waals surface area contributed by atoms with Crippen molar-refractivity contribution in [1.82, 2.24) is 4.90 Å². The monoisotopic (exact) mass is 495 g/mol. The van der Waals surface area contributed by atoms with Gasteiger partial charge in [-0.05, 0) is 59.3 Å². The molecule has 0 radical (unpaired) electrons. The van der Waals surface area contributed by atoms with Crippen molar-refractivity contribution in [1.29, 1.82) is 0 Å². The highest BCUT2D eigenvalue weighted by molar-refractivity contribution is 8.18. The molecule has 1 saturated heterocycles. The number of imide groups is 1. The van der Waals surface area contributed by atoms with Crippen LogP contribution >= 0.6 is 11.8 Å². The quantitative estimate of drug-likeness (QED) is 0.251. The predicted octanol–water partition coefficient (Wildman–Crippen LogP) is 6.84. The zero-order valence-electron chi connectivity index (χ0n) is 19.8. The molecule has 0 N–H and O–H groups in total. The molecule has 0 saturated carbocycles. The summed E-state index contributed by atoms with van der Waals surface area (Å²) in [5.74, 6) is 1.05. The topological polar surface area (TPSA) is 55.8 Å². The molecule has 1 aliphatic rings. The summed E-state index contributed by atoms with van der Waals surface area (Å²) in [5, 5.41) is 1.69. The number of aryl methyl sites for hydroxylation is 1. The lowest BCUT2D eigenvalue weighted by atomic mass is 10.0. The second-order valence-electron chi connectivity index (χ2n) is 8.47. The van der Waals surface area contributed by atoms with E-state index in [0.29, 0.717) is 23.0 Å². The molecule has 0 aliphatic carbocycles. The van der Waals surface area contributed by atoms with E-state index in [1.165, 1.54) is 4.90 Å². The number of amides is 2. The summed E-state index contributed by atoms with van der Waals surface area (Å²) in [7, 11) is 0. The molecule has 0 spiro atoms. The molecule has 1 aliphatic heterocycles. The number of carbonyl (C=O) groups is 2. The SMILES string of the molecule is Cc1ccc(OCCN2C(=O)S/C(=C\c3c(OCc4ccccc4)ccc4ccccc34)C2=O)cc1. The van der Waals surface area contributed by atoms with Crippen LogP contribution in [0, 0.1) is 6.92 Å². The number of rotatable bonds is 8. The Balaban J connectivity index is 1.37. The molecule has 2 amide bonds. The van der Waals surface area contributed by atoms with E-state index in [2.05, 4.69) is 0 Å². The van der Waals surface area contributed by atoms with E-state index in [9.17, 15) is 9.59 Å². The molecule has 0 unspecified atom stereocenters. The molecule has 0 bridgehead atoms. The van der Waals surface area contributed by atoms with Crippen LogP contribution in [0.4, 0.5) is 4.79 Å². The Hall–Kier alpha value is -4.03. The Kier molecular flexibility index (Phi) is 7.05. The van der Waals surface area contributed by atoms with Crippen LogP contribution in [0.3, 0.4) is 0 Å². The summed E-state index contributed by atoms with van der Waals surface area (Å²) >= 11 is 0.944. The third-order valence-corrected chi connectivity index (χ3v) is 6.83. The zero-order valence-corrected chi connectivity index (χ0v) is 20.7. The zero-order chi connectivity index (χ0) is 24.9. The van der Waals surface area contributed by atoms with E-state index >= 15 is 0 Å². The fourth-order valence-corrected chi connectivity index (χ4v) is 4.85. The highest BCUT2D eigenvalue weighted by atomic mass is 32.2. The summed E-state index contributed by atoms with van der Waals surface area (Å²) in [6.07, 6.45) is 1.77. The number of ether oxygens (including phenoxy) is 2. The summed E-state index contributed by atoms with van der Waals surface area (Å²) < 4.78 is 11.9. The van der Waals surface area contributed by atoms with Crippen LogP contribution in [0.2, 0.25) is 0 Å². The third-order valence-electron chi connectivity index (χ3n) is 5.92. The average molecular weight is 496 g/mol. The van der Waals surface area contributed by atoms with E-state index in [-0.39, 0.29) is 24.3 Å². The Morgan fingerprint density at radius 2 is 1.58 bits per heavy atom. The molecule has 0 atom stereocenters. The Morgan fingerprint density at radius 1 is 0.833 bits per heavy atom. The van der Waals surface area contributed by atoms with Crippen molar-refractivity contribution in [2.24, 2.45) is 0 Å². The van der Waals surface area contributed by atoms with Gasteiger partial charge in [0.05, 0.1) is 11.4 Å². The highest BCUT2D eigenvalue weighted by Crippen LogP contribution is 2.37. The maximum atomic E-state index is 13.2. The standard InChI is InChI=1S/C30H25NO4S/c1-21-11-14-24(15-12-21)34-18-17-31-29(32)28(36-30(31)33)19-26-25-10-6-5-9-23(25)13-16-27(26)35-20-22-7-3-2-4-8-22/h2-16,19H,17-18,20H2,1H3/b28-19-. The van der Waals surface area contributed by atoms with Gasteiger partial charge in [-0.15, -0.1) is 0 Å². The summed E-state index contributed by atoms with van der Waals surface area (Å²) in [6, 6.07) is 29.4. The predicted molar refractivity (Wildman–Crippen MR) is 144 cm³/mol. The highest BCUT2D eigenvalue weighted by Gasteiger charge is 2.35. The van der Waals surface area contributed by atoms with Crippen LogP contribution in [0.1, 0.15) is 16.7 Å². The minimum atomic E-state index is -0.320. The first kappa shape index (κ1) is 23.7. The van der Waals surface area contributed by atoms with Gasteiger partial charge in [-0.2, -0.15) is 0 Å². The fraction of sp³-hybridized carbons (Fsp3) is 0.133. The first-order valence-corrected chi connectivity index (χ1v) is 12.5. The maximum Gasteiger partial charge on any atom is 0.293 e. The number of hydrogen-bond acceptors (Lipinski definition) is 5. The Morgan fingerprint density at radius 3 is 2.39 bits per heavy atom. The van der Waals surface area contributed by atoms with Gasteiger partial charge < -0.3 is 9.47 Å². The van der Waals surface area contributed by atoms with Crippen LogP contribution in [-0.4, -0.2) is 29.2 Å². The van der Waals surface area contributed by atoms with Gasteiger partial charge in [0.2, 0.25) is 0 Å². The van der Waals surface area contributed by atoms with Crippen molar-refractivity contribution < 1.29 is 19.1 Å². The molecule has 1 fully saturated rings. The Bertz CT molecular complexity index is 1430. The van der Waals surface area contributed by atoms with Gasteiger partial charge in [0.25, 0.3) is 11.1 Å². The van der Waals surface area contributed by atoms with Gasteiger partial charge >= 0.3 is 0 Å². The van der Waals surface area contributed by atoms with E-state index in [4.69, 9.17) is 9.47 Å². The molecule has 36 heavy (non-hydrogen) atoms. The van der Waals surface area contributed by atoms with Crippen LogP contribution in [-0.2, 0) is 11.4 Å². The minimum Gasteiger partial charge on any atom is -0.492 e. The second kappa shape index (κ2) is 10.7. The van der Waals surface area contributed by atoms with Crippen molar-refractivity contribution in [3.05, 3.63) is 113 Å². The molecule has 4 aromatic carbocycles. The molecular weight excluding hydrogens is 470 g/mol. The summed E-state index contributed by atoms with van der Waals surface area (Å²) in [5.41, 5.74) is 2.97. The first-order chi connectivity index (χ1) is 17.6. The lowest BCUT2D eigenvalue weighted by Crippen LogP contribution is -2.32. The number of hydrogen-bond donors (Lipinski definition) is 0. The van der Waals surface area contributed by atoms with Crippen molar-refractivity contribution in [3.8, 4) is 11.5 Å². The number of thioether (sulfide) groups is 1. The van der Waals surface area contributed by atoms with Crippen LogP contribution < -0.4 is 9.47 Å². The van der Waals surface area contributed by atoms with E-state index in [0.717, 1.165) is 39.2 Å².